The molecule has 1 atom stereocenters. The van der Waals surface area contributed by atoms with E-state index in [9.17, 15) is 4.79 Å². The highest BCUT2D eigenvalue weighted by Crippen LogP contribution is 2.26. The molecule has 1 saturated heterocycles. The lowest BCUT2D eigenvalue weighted by Crippen LogP contribution is -2.29. The van der Waals surface area contributed by atoms with E-state index in [0.717, 1.165) is 36.1 Å². The molecule has 2 heterocycles. The SMILES string of the molecule is O=C(c1ccccc1)N1CC[C@H](n2cnc3ccccc32)C1. The number of rotatable bonds is 2. The number of carbonyl (C=O) groups excluding carboxylic acids is 1. The van der Waals surface area contributed by atoms with E-state index in [1.54, 1.807) is 0 Å². The van der Waals surface area contributed by atoms with Gasteiger partial charge in [-0.2, -0.15) is 0 Å². The highest BCUT2D eigenvalue weighted by molar-refractivity contribution is 5.94. The molecule has 4 heteroatoms. The second kappa shape index (κ2) is 5.30. The zero-order valence-electron chi connectivity index (χ0n) is 12.2. The maximum Gasteiger partial charge on any atom is 0.253 e. The van der Waals surface area contributed by atoms with Gasteiger partial charge < -0.3 is 9.47 Å². The first-order valence-corrected chi connectivity index (χ1v) is 7.59. The van der Waals surface area contributed by atoms with Crippen LogP contribution in [0.15, 0.2) is 60.9 Å². The number of likely N-dealkylation sites (tertiary alicyclic amines) is 1. The van der Waals surface area contributed by atoms with Gasteiger partial charge >= 0.3 is 0 Å². The molecule has 0 spiro atoms. The quantitative estimate of drug-likeness (QED) is 0.727. The lowest BCUT2D eigenvalue weighted by atomic mass is 10.2. The molecular formula is C18H17N3O. The van der Waals surface area contributed by atoms with Crippen molar-refractivity contribution in [1.82, 2.24) is 14.5 Å². The van der Waals surface area contributed by atoms with Crippen LogP contribution in [0.25, 0.3) is 11.0 Å². The Hall–Kier alpha value is -2.62. The van der Waals surface area contributed by atoms with Gasteiger partial charge in [0.05, 0.1) is 23.4 Å². The Labute approximate surface area is 129 Å². The topological polar surface area (TPSA) is 38.1 Å². The van der Waals surface area contributed by atoms with Crippen LogP contribution >= 0.6 is 0 Å². The Morgan fingerprint density at radius 3 is 2.68 bits per heavy atom. The molecule has 0 saturated carbocycles. The third-order valence-electron chi connectivity index (χ3n) is 4.35. The van der Waals surface area contributed by atoms with Crippen molar-refractivity contribution in [1.29, 1.82) is 0 Å². The standard InChI is InChI=1S/C18H17N3O/c22-18(14-6-2-1-3-7-14)20-11-10-15(12-20)21-13-19-16-8-4-5-9-17(16)21/h1-9,13,15H,10-12H2/t15-/m0/s1. The van der Waals surface area contributed by atoms with E-state index in [0.29, 0.717) is 6.04 Å². The Bertz CT molecular complexity index is 809. The number of fused-ring (bicyclic) bond motifs is 1. The van der Waals surface area contributed by atoms with Gasteiger partial charge in [0.2, 0.25) is 0 Å². The summed E-state index contributed by atoms with van der Waals surface area (Å²) in [5.74, 6) is 0.118. The molecule has 4 rings (SSSR count). The van der Waals surface area contributed by atoms with Gasteiger partial charge in [-0.1, -0.05) is 30.3 Å². The van der Waals surface area contributed by atoms with Gasteiger partial charge in [-0.3, -0.25) is 4.79 Å². The number of benzene rings is 2. The number of aromatic nitrogens is 2. The fourth-order valence-corrected chi connectivity index (χ4v) is 3.19. The van der Waals surface area contributed by atoms with Crippen LogP contribution in [0.1, 0.15) is 22.8 Å². The van der Waals surface area contributed by atoms with Crippen LogP contribution in [-0.2, 0) is 0 Å². The van der Waals surface area contributed by atoms with Crippen molar-refractivity contribution in [3.05, 3.63) is 66.5 Å². The number of carbonyl (C=O) groups is 1. The molecule has 3 aromatic rings. The summed E-state index contributed by atoms with van der Waals surface area (Å²) in [6.07, 6.45) is 2.87. The number of para-hydroxylation sites is 2. The van der Waals surface area contributed by atoms with Gasteiger partial charge in [0.15, 0.2) is 0 Å². The first-order valence-electron chi connectivity index (χ1n) is 7.59. The van der Waals surface area contributed by atoms with Crippen LogP contribution in [0.3, 0.4) is 0 Å². The number of hydrogen-bond donors (Lipinski definition) is 0. The lowest BCUT2D eigenvalue weighted by molar-refractivity contribution is 0.0788. The van der Waals surface area contributed by atoms with E-state index in [1.165, 1.54) is 0 Å². The normalized spacial score (nSPS) is 18.0. The first kappa shape index (κ1) is 13.1. The van der Waals surface area contributed by atoms with Crippen molar-refractivity contribution < 1.29 is 4.79 Å². The molecule has 22 heavy (non-hydrogen) atoms. The average molecular weight is 291 g/mol. The van der Waals surface area contributed by atoms with E-state index in [-0.39, 0.29) is 5.91 Å². The van der Waals surface area contributed by atoms with Gasteiger partial charge in [-0.25, -0.2) is 4.98 Å². The van der Waals surface area contributed by atoms with E-state index in [4.69, 9.17) is 0 Å². The Kier molecular flexibility index (Phi) is 3.15. The molecule has 0 unspecified atom stereocenters. The molecule has 1 aromatic heterocycles. The fourth-order valence-electron chi connectivity index (χ4n) is 3.19. The summed E-state index contributed by atoms with van der Waals surface area (Å²) in [6.45, 7) is 1.54. The van der Waals surface area contributed by atoms with Crippen molar-refractivity contribution in [3.63, 3.8) is 0 Å². The summed E-state index contributed by atoms with van der Waals surface area (Å²) in [6, 6.07) is 17.9. The van der Waals surface area contributed by atoms with Crippen LogP contribution in [0.2, 0.25) is 0 Å². The van der Waals surface area contributed by atoms with Crippen LogP contribution < -0.4 is 0 Å². The molecule has 1 aliphatic rings. The first-order chi connectivity index (χ1) is 10.8. The van der Waals surface area contributed by atoms with Crippen LogP contribution in [0.5, 0.6) is 0 Å². The molecule has 1 aliphatic heterocycles. The summed E-state index contributed by atoms with van der Waals surface area (Å²) >= 11 is 0. The second-order valence-corrected chi connectivity index (χ2v) is 5.70. The predicted molar refractivity (Wildman–Crippen MR) is 85.7 cm³/mol. The van der Waals surface area contributed by atoms with Crippen molar-refractivity contribution in [2.45, 2.75) is 12.5 Å². The molecule has 1 fully saturated rings. The number of imidazole rings is 1. The third kappa shape index (κ3) is 2.17. The van der Waals surface area contributed by atoms with Gasteiger partial charge in [0.25, 0.3) is 5.91 Å². The average Bonchev–Trinajstić information content (AvgIpc) is 3.21. The van der Waals surface area contributed by atoms with Gasteiger partial charge in [-0.05, 0) is 30.7 Å². The molecule has 0 bridgehead atoms. The van der Waals surface area contributed by atoms with Crippen LogP contribution in [0, 0.1) is 0 Å². The van der Waals surface area contributed by atoms with E-state index < -0.39 is 0 Å². The second-order valence-electron chi connectivity index (χ2n) is 5.70. The molecule has 0 aliphatic carbocycles. The smallest absolute Gasteiger partial charge is 0.253 e. The van der Waals surface area contributed by atoms with E-state index >= 15 is 0 Å². The summed E-state index contributed by atoms with van der Waals surface area (Å²) in [5.41, 5.74) is 2.91. The van der Waals surface area contributed by atoms with Crippen molar-refractivity contribution in [3.8, 4) is 0 Å². The van der Waals surface area contributed by atoms with E-state index in [1.807, 2.05) is 59.8 Å². The Morgan fingerprint density at radius 2 is 1.82 bits per heavy atom. The monoisotopic (exact) mass is 291 g/mol. The zero-order chi connectivity index (χ0) is 14.9. The van der Waals surface area contributed by atoms with Gasteiger partial charge in [-0.15, -0.1) is 0 Å². The molecule has 2 aromatic carbocycles. The molecule has 0 radical (unpaired) electrons. The van der Waals surface area contributed by atoms with Crippen LogP contribution in [-0.4, -0.2) is 33.4 Å². The number of nitrogens with zero attached hydrogens (tertiary/aromatic N) is 3. The van der Waals surface area contributed by atoms with E-state index in [2.05, 4.69) is 15.6 Å². The van der Waals surface area contributed by atoms with Crippen molar-refractivity contribution >= 4 is 16.9 Å². The number of amides is 1. The Balaban J connectivity index is 1.56. The third-order valence-corrected chi connectivity index (χ3v) is 4.35. The predicted octanol–water partition coefficient (Wildman–Crippen LogP) is 3.12. The minimum absolute atomic E-state index is 0.118. The summed E-state index contributed by atoms with van der Waals surface area (Å²) < 4.78 is 2.20. The summed E-state index contributed by atoms with van der Waals surface area (Å²) in [4.78, 5) is 18.9. The highest BCUT2D eigenvalue weighted by Gasteiger charge is 2.28. The fraction of sp³-hybridized carbons (Fsp3) is 0.222. The molecule has 110 valence electrons. The summed E-state index contributed by atoms with van der Waals surface area (Å²) in [5, 5.41) is 0. The molecule has 4 nitrogen and oxygen atoms in total. The number of hydrogen-bond acceptors (Lipinski definition) is 2. The lowest BCUT2D eigenvalue weighted by Gasteiger charge is -2.17. The maximum absolute atomic E-state index is 12.5. The Morgan fingerprint density at radius 1 is 1.05 bits per heavy atom. The highest BCUT2D eigenvalue weighted by atomic mass is 16.2. The molecule has 0 N–H and O–H groups in total. The minimum Gasteiger partial charge on any atom is -0.336 e. The maximum atomic E-state index is 12.5. The van der Waals surface area contributed by atoms with Gasteiger partial charge in [0.1, 0.15) is 0 Å². The largest absolute Gasteiger partial charge is 0.336 e. The van der Waals surface area contributed by atoms with Crippen LogP contribution in [0.4, 0.5) is 0 Å². The van der Waals surface area contributed by atoms with Crippen molar-refractivity contribution in [2.24, 2.45) is 0 Å². The molecular weight excluding hydrogens is 274 g/mol. The van der Waals surface area contributed by atoms with Gasteiger partial charge in [0, 0.05) is 18.7 Å². The minimum atomic E-state index is 0.118. The zero-order valence-corrected chi connectivity index (χ0v) is 12.2. The van der Waals surface area contributed by atoms with Crippen molar-refractivity contribution in [2.75, 3.05) is 13.1 Å². The summed E-state index contributed by atoms with van der Waals surface area (Å²) in [7, 11) is 0. The molecule has 1 amide bonds.